The molecule has 1 aromatic carbocycles. The van der Waals surface area contributed by atoms with Crippen LogP contribution in [0.1, 0.15) is 24.5 Å². The number of halogens is 1. The predicted molar refractivity (Wildman–Crippen MR) is 61.3 cm³/mol. The van der Waals surface area contributed by atoms with Crippen molar-refractivity contribution in [3.05, 3.63) is 28.3 Å². The van der Waals surface area contributed by atoms with E-state index < -0.39 is 0 Å². The number of ether oxygens (including phenoxy) is 1. The second kappa shape index (κ2) is 5.63. The van der Waals surface area contributed by atoms with Crippen molar-refractivity contribution in [2.75, 3.05) is 6.61 Å². The lowest BCUT2D eigenvalue weighted by molar-refractivity contribution is 0.340. The molecule has 0 unspecified atom stereocenters. The number of rotatable bonds is 4. The fraction of sp³-hybridized carbons (Fsp3) is 0.417. The van der Waals surface area contributed by atoms with Crippen LogP contribution in [-0.4, -0.2) is 6.61 Å². The third-order valence-electron chi connectivity index (χ3n) is 2.20. The summed E-state index contributed by atoms with van der Waals surface area (Å²) in [6.07, 6.45) is 1.26. The molecule has 0 saturated heterocycles. The summed E-state index contributed by atoms with van der Waals surface area (Å²) in [5, 5.41) is 9.14. The number of aryl methyl sites for hydroxylation is 2. The molecule has 0 radical (unpaired) electrons. The van der Waals surface area contributed by atoms with E-state index in [1.165, 1.54) is 0 Å². The van der Waals surface area contributed by atoms with Gasteiger partial charge in [-0.05, 0) is 43.5 Å². The van der Waals surface area contributed by atoms with Gasteiger partial charge in [-0.1, -0.05) is 11.6 Å². The van der Waals surface area contributed by atoms with Crippen LogP contribution in [0.3, 0.4) is 0 Å². The van der Waals surface area contributed by atoms with Gasteiger partial charge in [0, 0.05) is 6.42 Å². The zero-order valence-corrected chi connectivity index (χ0v) is 9.77. The molecular formula is C12H14ClNO. The highest BCUT2D eigenvalue weighted by molar-refractivity contribution is 6.32. The molecular weight excluding hydrogens is 210 g/mol. The highest BCUT2D eigenvalue weighted by Gasteiger charge is 2.06. The van der Waals surface area contributed by atoms with E-state index in [-0.39, 0.29) is 0 Å². The normalized spacial score (nSPS) is 9.73. The first kappa shape index (κ1) is 11.9. The van der Waals surface area contributed by atoms with Crippen molar-refractivity contribution in [3.63, 3.8) is 0 Å². The third kappa shape index (κ3) is 3.14. The first-order chi connectivity index (χ1) is 7.19. The monoisotopic (exact) mass is 223 g/mol. The molecule has 0 bridgehead atoms. The van der Waals surface area contributed by atoms with Crippen molar-refractivity contribution in [2.24, 2.45) is 0 Å². The Labute approximate surface area is 95.4 Å². The van der Waals surface area contributed by atoms with E-state index in [9.17, 15) is 0 Å². The van der Waals surface area contributed by atoms with Gasteiger partial charge >= 0.3 is 0 Å². The number of nitrogens with zero attached hydrogens (tertiary/aromatic N) is 1. The second-order valence-electron chi connectivity index (χ2n) is 3.30. The average molecular weight is 224 g/mol. The zero-order chi connectivity index (χ0) is 11.3. The standard InChI is InChI=1S/C12H14ClNO/c1-3-15-12-7-9(2)10(5-4-6-14)8-11(12)13/h7-8H,3-5H2,1-2H3. The number of nitriles is 1. The first-order valence-corrected chi connectivity index (χ1v) is 5.35. The lowest BCUT2D eigenvalue weighted by Crippen LogP contribution is -1.96. The molecule has 15 heavy (non-hydrogen) atoms. The van der Waals surface area contributed by atoms with Gasteiger partial charge in [0.25, 0.3) is 0 Å². The maximum atomic E-state index is 8.52. The largest absolute Gasteiger partial charge is 0.492 e. The Hall–Kier alpha value is -1.20. The quantitative estimate of drug-likeness (QED) is 0.783. The van der Waals surface area contributed by atoms with Crippen LogP contribution in [0, 0.1) is 18.3 Å². The molecule has 0 aliphatic carbocycles. The first-order valence-electron chi connectivity index (χ1n) is 4.97. The van der Waals surface area contributed by atoms with Gasteiger partial charge in [-0.15, -0.1) is 0 Å². The number of hydrogen-bond donors (Lipinski definition) is 0. The molecule has 0 aliphatic rings. The van der Waals surface area contributed by atoms with Crippen LogP contribution in [0.5, 0.6) is 5.75 Å². The minimum atomic E-state index is 0.519. The summed E-state index contributed by atoms with van der Waals surface area (Å²) < 4.78 is 5.38. The van der Waals surface area contributed by atoms with E-state index in [0.717, 1.165) is 23.3 Å². The molecule has 2 nitrogen and oxygen atoms in total. The zero-order valence-electron chi connectivity index (χ0n) is 9.01. The molecule has 0 saturated carbocycles. The molecule has 1 aromatic rings. The molecule has 0 atom stereocenters. The fourth-order valence-electron chi connectivity index (χ4n) is 1.42. The Morgan fingerprint density at radius 1 is 1.47 bits per heavy atom. The summed E-state index contributed by atoms with van der Waals surface area (Å²) in [5.41, 5.74) is 2.24. The summed E-state index contributed by atoms with van der Waals surface area (Å²) in [7, 11) is 0. The van der Waals surface area contributed by atoms with Crippen LogP contribution < -0.4 is 4.74 Å². The summed E-state index contributed by atoms with van der Waals surface area (Å²) in [4.78, 5) is 0. The van der Waals surface area contributed by atoms with E-state index >= 15 is 0 Å². The predicted octanol–water partition coefficient (Wildman–Crippen LogP) is 3.50. The van der Waals surface area contributed by atoms with Crippen LogP contribution in [0.15, 0.2) is 12.1 Å². The molecule has 0 spiro atoms. The molecule has 1 rings (SSSR count). The number of hydrogen-bond acceptors (Lipinski definition) is 2. The Bertz CT molecular complexity index is 382. The maximum Gasteiger partial charge on any atom is 0.138 e. The SMILES string of the molecule is CCOc1cc(C)c(CCC#N)cc1Cl. The van der Waals surface area contributed by atoms with Gasteiger partial charge in [-0.25, -0.2) is 0 Å². The Morgan fingerprint density at radius 3 is 2.80 bits per heavy atom. The lowest BCUT2D eigenvalue weighted by Gasteiger charge is -2.10. The molecule has 0 amide bonds. The van der Waals surface area contributed by atoms with Crippen LogP contribution >= 0.6 is 11.6 Å². The Morgan fingerprint density at radius 2 is 2.20 bits per heavy atom. The van der Waals surface area contributed by atoms with Gasteiger partial charge in [0.05, 0.1) is 17.7 Å². The Kier molecular flexibility index (Phi) is 4.45. The van der Waals surface area contributed by atoms with Crippen molar-refractivity contribution in [1.82, 2.24) is 0 Å². The minimum absolute atomic E-state index is 0.519. The van der Waals surface area contributed by atoms with Gasteiger partial charge in [0.2, 0.25) is 0 Å². The smallest absolute Gasteiger partial charge is 0.138 e. The molecule has 0 heterocycles. The Balaban J connectivity index is 2.93. The molecule has 3 heteroatoms. The number of benzene rings is 1. The van der Waals surface area contributed by atoms with Crippen molar-refractivity contribution in [1.29, 1.82) is 5.26 Å². The molecule has 0 aliphatic heterocycles. The van der Waals surface area contributed by atoms with Gasteiger partial charge < -0.3 is 4.74 Å². The van der Waals surface area contributed by atoms with Gasteiger partial charge in [0.15, 0.2) is 0 Å². The van der Waals surface area contributed by atoms with Gasteiger partial charge in [0.1, 0.15) is 5.75 Å². The lowest BCUT2D eigenvalue weighted by atomic mass is 10.0. The van der Waals surface area contributed by atoms with Gasteiger partial charge in [-0.2, -0.15) is 5.26 Å². The van der Waals surface area contributed by atoms with Crippen LogP contribution in [0.2, 0.25) is 5.02 Å². The second-order valence-corrected chi connectivity index (χ2v) is 3.71. The van der Waals surface area contributed by atoms with E-state index in [1.54, 1.807) is 0 Å². The van der Waals surface area contributed by atoms with Crippen molar-refractivity contribution >= 4 is 11.6 Å². The van der Waals surface area contributed by atoms with E-state index in [4.69, 9.17) is 21.6 Å². The van der Waals surface area contributed by atoms with Crippen molar-refractivity contribution in [3.8, 4) is 11.8 Å². The minimum Gasteiger partial charge on any atom is -0.492 e. The highest BCUT2D eigenvalue weighted by Crippen LogP contribution is 2.28. The summed E-state index contributed by atoms with van der Waals surface area (Å²) >= 11 is 6.05. The summed E-state index contributed by atoms with van der Waals surface area (Å²) in [5.74, 6) is 0.720. The van der Waals surface area contributed by atoms with Gasteiger partial charge in [-0.3, -0.25) is 0 Å². The average Bonchev–Trinajstić information content (AvgIpc) is 2.21. The fourth-order valence-corrected chi connectivity index (χ4v) is 1.66. The van der Waals surface area contributed by atoms with Crippen LogP contribution in [0.25, 0.3) is 0 Å². The highest BCUT2D eigenvalue weighted by atomic mass is 35.5. The topological polar surface area (TPSA) is 33.0 Å². The summed E-state index contributed by atoms with van der Waals surface area (Å²) in [6, 6.07) is 5.95. The van der Waals surface area contributed by atoms with Crippen molar-refractivity contribution < 1.29 is 4.74 Å². The third-order valence-corrected chi connectivity index (χ3v) is 2.49. The molecule has 0 aromatic heterocycles. The van der Waals surface area contributed by atoms with Crippen LogP contribution in [0.4, 0.5) is 0 Å². The molecule has 80 valence electrons. The van der Waals surface area contributed by atoms with Crippen molar-refractivity contribution in [2.45, 2.75) is 26.7 Å². The maximum absolute atomic E-state index is 8.52. The summed E-state index contributed by atoms with van der Waals surface area (Å²) in [6.45, 7) is 4.54. The molecule has 0 N–H and O–H groups in total. The van der Waals surface area contributed by atoms with E-state index in [1.807, 2.05) is 26.0 Å². The van der Waals surface area contributed by atoms with E-state index in [2.05, 4.69) is 6.07 Å². The van der Waals surface area contributed by atoms with Crippen LogP contribution in [-0.2, 0) is 6.42 Å². The molecule has 0 fully saturated rings. The van der Waals surface area contributed by atoms with E-state index in [0.29, 0.717) is 18.1 Å².